The Labute approximate surface area is 106 Å². The predicted molar refractivity (Wildman–Crippen MR) is 62.1 cm³/mol. The Morgan fingerprint density at radius 1 is 1.44 bits per heavy atom. The maximum atomic E-state index is 11.9. The van der Waals surface area contributed by atoms with Gasteiger partial charge in [0.15, 0.2) is 0 Å². The van der Waals surface area contributed by atoms with Crippen LogP contribution in [0, 0.1) is 0 Å². The summed E-state index contributed by atoms with van der Waals surface area (Å²) in [4.78, 5) is 10.7. The highest BCUT2D eigenvalue weighted by Gasteiger charge is 2.33. The van der Waals surface area contributed by atoms with Crippen LogP contribution in [0.15, 0.2) is 0 Å². The zero-order chi connectivity index (χ0) is 13.9. The smallest absolute Gasteiger partial charge is 0.324 e. The third-order valence-corrected chi connectivity index (χ3v) is 4.06. The third kappa shape index (κ3) is 3.89. The van der Waals surface area contributed by atoms with Crippen LogP contribution in [0.25, 0.3) is 0 Å². The maximum absolute atomic E-state index is 11.9. The van der Waals surface area contributed by atoms with Crippen LogP contribution in [0.5, 0.6) is 0 Å². The first-order chi connectivity index (χ1) is 8.26. The summed E-state index contributed by atoms with van der Waals surface area (Å²) in [6, 6.07) is -1.54. The summed E-state index contributed by atoms with van der Waals surface area (Å²) in [5, 5.41) is 17.5. The molecule has 1 rings (SSSR count). The van der Waals surface area contributed by atoms with E-state index in [-0.39, 0.29) is 25.3 Å². The molecular formula is C9H18N2O6S. The van der Waals surface area contributed by atoms with Gasteiger partial charge in [-0.25, -0.2) is 0 Å². The van der Waals surface area contributed by atoms with Gasteiger partial charge in [0, 0.05) is 13.1 Å². The molecule has 0 bridgehead atoms. The maximum Gasteiger partial charge on any atom is 0.324 e. The average Bonchev–Trinajstić information content (AvgIpc) is 2.24. The largest absolute Gasteiger partial charge is 0.480 e. The average molecular weight is 282 g/mol. The van der Waals surface area contributed by atoms with E-state index < -0.39 is 28.8 Å². The number of morpholine rings is 1. The van der Waals surface area contributed by atoms with Gasteiger partial charge in [-0.2, -0.15) is 17.4 Å². The Balaban J connectivity index is 2.76. The number of carboxylic acid groups (broad SMARTS) is 1. The number of hydrogen-bond donors (Lipinski definition) is 3. The fraction of sp³-hybridized carbons (Fsp3) is 0.889. The molecule has 1 heterocycles. The van der Waals surface area contributed by atoms with Gasteiger partial charge in [0.1, 0.15) is 6.04 Å². The number of aliphatic carboxylic acids is 1. The second-order valence-electron chi connectivity index (χ2n) is 4.27. The molecule has 0 aromatic carbocycles. The Morgan fingerprint density at radius 2 is 1.94 bits per heavy atom. The molecule has 0 radical (unpaired) electrons. The quantitative estimate of drug-likeness (QED) is 0.558. The second-order valence-corrected chi connectivity index (χ2v) is 5.97. The molecule has 1 fully saturated rings. The topological polar surface area (TPSA) is 116 Å². The minimum atomic E-state index is -3.94. The van der Waals surface area contributed by atoms with E-state index in [1.807, 2.05) is 4.72 Å². The van der Waals surface area contributed by atoms with Crippen molar-refractivity contribution in [3.05, 3.63) is 0 Å². The molecule has 2 unspecified atom stereocenters. The molecule has 0 aliphatic carbocycles. The third-order valence-electron chi connectivity index (χ3n) is 2.50. The van der Waals surface area contributed by atoms with Crippen molar-refractivity contribution in [2.24, 2.45) is 0 Å². The summed E-state index contributed by atoms with van der Waals surface area (Å²) >= 11 is 0. The summed E-state index contributed by atoms with van der Waals surface area (Å²) in [6.07, 6.45) is -0.523. The minimum absolute atomic E-state index is 0.150. The van der Waals surface area contributed by atoms with E-state index in [1.165, 1.54) is 0 Å². The van der Waals surface area contributed by atoms with Gasteiger partial charge in [-0.1, -0.05) is 0 Å². The number of nitrogens with one attached hydrogen (secondary N) is 1. The molecule has 0 saturated carbocycles. The van der Waals surface area contributed by atoms with Crippen molar-refractivity contribution in [1.82, 2.24) is 9.03 Å². The normalized spacial score (nSPS) is 27.9. The van der Waals surface area contributed by atoms with Gasteiger partial charge in [-0.3, -0.25) is 4.79 Å². The number of carboxylic acids is 1. The summed E-state index contributed by atoms with van der Waals surface area (Å²) < 4.78 is 32.3. The highest BCUT2D eigenvalue weighted by atomic mass is 32.2. The molecule has 1 aliphatic rings. The summed E-state index contributed by atoms with van der Waals surface area (Å²) in [5.41, 5.74) is 0. The van der Waals surface area contributed by atoms with Crippen LogP contribution in [0.2, 0.25) is 0 Å². The summed E-state index contributed by atoms with van der Waals surface area (Å²) in [5.74, 6) is -1.42. The molecule has 1 saturated heterocycles. The van der Waals surface area contributed by atoms with Crippen LogP contribution >= 0.6 is 0 Å². The molecule has 9 heteroatoms. The molecule has 8 nitrogen and oxygen atoms in total. The van der Waals surface area contributed by atoms with E-state index in [2.05, 4.69) is 0 Å². The number of ether oxygens (including phenoxy) is 1. The van der Waals surface area contributed by atoms with E-state index in [1.54, 1.807) is 13.8 Å². The monoisotopic (exact) mass is 282 g/mol. The van der Waals surface area contributed by atoms with E-state index in [4.69, 9.17) is 14.9 Å². The molecule has 106 valence electrons. The molecule has 3 N–H and O–H groups in total. The Morgan fingerprint density at radius 3 is 2.33 bits per heavy atom. The van der Waals surface area contributed by atoms with E-state index >= 15 is 0 Å². The van der Waals surface area contributed by atoms with Crippen LogP contribution in [-0.4, -0.2) is 66.9 Å². The van der Waals surface area contributed by atoms with Crippen molar-refractivity contribution in [3.63, 3.8) is 0 Å². The Kier molecular flexibility index (Phi) is 5.05. The first kappa shape index (κ1) is 15.3. The van der Waals surface area contributed by atoms with Crippen molar-refractivity contribution >= 4 is 16.2 Å². The Bertz CT molecular complexity index is 388. The zero-order valence-corrected chi connectivity index (χ0v) is 11.1. The lowest BCUT2D eigenvalue weighted by Crippen LogP contribution is -2.55. The summed E-state index contributed by atoms with van der Waals surface area (Å²) in [7, 11) is -3.94. The Hall–Kier alpha value is -0.740. The van der Waals surface area contributed by atoms with Gasteiger partial charge in [0.25, 0.3) is 10.2 Å². The summed E-state index contributed by atoms with van der Waals surface area (Å²) in [6.45, 7) is 2.97. The fourth-order valence-corrected chi connectivity index (χ4v) is 3.24. The van der Waals surface area contributed by atoms with E-state index in [9.17, 15) is 13.2 Å². The van der Waals surface area contributed by atoms with Gasteiger partial charge < -0.3 is 14.9 Å². The van der Waals surface area contributed by atoms with Crippen molar-refractivity contribution in [1.29, 1.82) is 0 Å². The highest BCUT2D eigenvalue weighted by Crippen LogP contribution is 2.13. The van der Waals surface area contributed by atoms with Crippen molar-refractivity contribution in [2.75, 3.05) is 19.7 Å². The first-order valence-corrected chi connectivity index (χ1v) is 6.96. The van der Waals surface area contributed by atoms with Gasteiger partial charge >= 0.3 is 5.97 Å². The number of nitrogens with zero attached hydrogens (tertiary/aromatic N) is 1. The molecule has 0 amide bonds. The lowest BCUT2D eigenvalue weighted by Gasteiger charge is -2.34. The van der Waals surface area contributed by atoms with Crippen LogP contribution < -0.4 is 4.72 Å². The van der Waals surface area contributed by atoms with Crippen LogP contribution in [0.1, 0.15) is 13.8 Å². The molecule has 0 spiro atoms. The molecule has 1 aliphatic heterocycles. The van der Waals surface area contributed by atoms with Crippen LogP contribution in [-0.2, 0) is 19.7 Å². The molecule has 0 aromatic rings. The molecular weight excluding hydrogens is 264 g/mol. The van der Waals surface area contributed by atoms with Gasteiger partial charge in [0.2, 0.25) is 0 Å². The van der Waals surface area contributed by atoms with Gasteiger partial charge in [0.05, 0.1) is 18.8 Å². The molecule has 0 aromatic heterocycles. The first-order valence-electron chi connectivity index (χ1n) is 5.52. The van der Waals surface area contributed by atoms with Gasteiger partial charge in [-0.05, 0) is 13.8 Å². The fourth-order valence-electron chi connectivity index (χ4n) is 1.75. The van der Waals surface area contributed by atoms with Gasteiger partial charge in [-0.15, -0.1) is 0 Å². The number of hydrogen-bond acceptors (Lipinski definition) is 5. The molecule has 3 atom stereocenters. The van der Waals surface area contributed by atoms with Crippen LogP contribution in [0.4, 0.5) is 0 Å². The number of rotatable bonds is 5. The molecule has 18 heavy (non-hydrogen) atoms. The lowest BCUT2D eigenvalue weighted by atomic mass is 10.3. The SMILES string of the molecule is CC1CN(S(=O)(=O)N[C@@H](CO)C(=O)O)CC(C)O1. The zero-order valence-electron chi connectivity index (χ0n) is 10.2. The van der Waals surface area contributed by atoms with Crippen molar-refractivity contribution in [2.45, 2.75) is 32.1 Å². The lowest BCUT2D eigenvalue weighted by molar-refractivity contribution is -0.139. The van der Waals surface area contributed by atoms with Crippen LogP contribution in [0.3, 0.4) is 0 Å². The minimum Gasteiger partial charge on any atom is -0.480 e. The van der Waals surface area contributed by atoms with Crippen molar-refractivity contribution in [3.8, 4) is 0 Å². The predicted octanol–water partition coefficient (Wildman–Crippen LogP) is -1.62. The standard InChI is InChI=1S/C9H18N2O6S/c1-6-3-11(4-7(2)17-6)18(15,16)10-8(5-12)9(13)14/h6-8,10,12H,3-5H2,1-2H3,(H,13,14)/t6?,7?,8-/m0/s1. The highest BCUT2D eigenvalue weighted by molar-refractivity contribution is 7.87. The number of aliphatic hydroxyl groups is 1. The second kappa shape index (κ2) is 5.93. The number of carbonyl (C=O) groups is 1. The van der Waals surface area contributed by atoms with Crippen molar-refractivity contribution < 1.29 is 28.2 Å². The van der Waals surface area contributed by atoms with E-state index in [0.717, 1.165) is 4.31 Å². The number of aliphatic hydroxyl groups excluding tert-OH is 1. The van der Waals surface area contributed by atoms with E-state index in [0.29, 0.717) is 0 Å².